The summed E-state index contributed by atoms with van der Waals surface area (Å²) in [4.78, 5) is 17.5. The van der Waals surface area contributed by atoms with Crippen LogP contribution in [0.25, 0.3) is 11.0 Å². The first kappa shape index (κ1) is 16.2. The molecule has 0 atom stereocenters. The molecule has 2 aliphatic heterocycles. The molecule has 1 N–H and O–H groups in total. The summed E-state index contributed by atoms with van der Waals surface area (Å²) in [6.07, 6.45) is 2.40. The molecule has 0 spiro atoms. The normalized spacial score (nSPS) is 15.7. The SMILES string of the molecule is Cc1cc2c(N(C)Cc3ccc4c(c3)OCO4)nc(N3CCCC3)nc2[nH]1. The van der Waals surface area contributed by atoms with Crippen molar-refractivity contribution >= 4 is 22.8 Å². The molecule has 0 amide bonds. The van der Waals surface area contributed by atoms with E-state index in [0.717, 1.165) is 65.2 Å². The monoisotopic (exact) mass is 365 g/mol. The van der Waals surface area contributed by atoms with Gasteiger partial charge >= 0.3 is 0 Å². The van der Waals surface area contributed by atoms with Crippen LogP contribution < -0.4 is 19.3 Å². The van der Waals surface area contributed by atoms with E-state index in [9.17, 15) is 0 Å². The molecule has 7 heteroatoms. The Bertz CT molecular complexity index is 993. The Balaban J connectivity index is 1.50. The number of fused-ring (bicyclic) bond motifs is 2. The standard InChI is InChI=1S/C20H23N5O2/c1-13-9-15-18(21-13)22-20(25-7-3-4-8-25)23-19(15)24(2)11-14-5-6-16-17(10-14)27-12-26-16/h5-6,9-10H,3-4,7-8,11-12H2,1-2H3,(H,21,22,23). The average molecular weight is 365 g/mol. The summed E-state index contributed by atoms with van der Waals surface area (Å²) in [5.41, 5.74) is 3.15. The highest BCUT2D eigenvalue weighted by Crippen LogP contribution is 2.34. The molecular formula is C20H23N5O2. The van der Waals surface area contributed by atoms with Crippen molar-refractivity contribution in [1.29, 1.82) is 0 Å². The van der Waals surface area contributed by atoms with Gasteiger partial charge in [-0.1, -0.05) is 6.07 Å². The molecule has 1 fully saturated rings. The molecular weight excluding hydrogens is 342 g/mol. The number of H-pyrrole nitrogens is 1. The van der Waals surface area contributed by atoms with Gasteiger partial charge in [-0.05, 0) is 43.5 Å². The second-order valence-electron chi connectivity index (χ2n) is 7.30. The summed E-state index contributed by atoms with van der Waals surface area (Å²) in [7, 11) is 2.07. The molecule has 1 aromatic carbocycles. The maximum atomic E-state index is 5.51. The fourth-order valence-electron chi connectivity index (χ4n) is 3.85. The van der Waals surface area contributed by atoms with Gasteiger partial charge < -0.3 is 24.3 Å². The van der Waals surface area contributed by atoms with Crippen LogP contribution in [0.1, 0.15) is 24.1 Å². The minimum Gasteiger partial charge on any atom is -0.454 e. The van der Waals surface area contributed by atoms with E-state index in [2.05, 4.69) is 40.9 Å². The van der Waals surface area contributed by atoms with E-state index in [1.54, 1.807) is 0 Å². The number of hydrogen-bond donors (Lipinski definition) is 1. The minimum atomic E-state index is 0.295. The van der Waals surface area contributed by atoms with Gasteiger partial charge in [-0.15, -0.1) is 0 Å². The molecule has 3 aromatic rings. The molecule has 7 nitrogen and oxygen atoms in total. The third kappa shape index (κ3) is 2.93. The zero-order chi connectivity index (χ0) is 18.4. The van der Waals surface area contributed by atoms with Gasteiger partial charge in [0.15, 0.2) is 11.5 Å². The summed E-state index contributed by atoms with van der Waals surface area (Å²) in [5.74, 6) is 3.38. The fraction of sp³-hybridized carbons (Fsp3) is 0.400. The third-order valence-corrected chi connectivity index (χ3v) is 5.20. The van der Waals surface area contributed by atoms with Crippen LogP contribution in [0.15, 0.2) is 24.3 Å². The molecule has 0 bridgehead atoms. The topological polar surface area (TPSA) is 66.5 Å². The predicted molar refractivity (Wildman–Crippen MR) is 105 cm³/mol. The van der Waals surface area contributed by atoms with Crippen molar-refractivity contribution in [3.63, 3.8) is 0 Å². The number of hydrogen-bond acceptors (Lipinski definition) is 6. The lowest BCUT2D eigenvalue weighted by Gasteiger charge is -2.22. The average Bonchev–Trinajstić information content (AvgIpc) is 3.39. The van der Waals surface area contributed by atoms with Gasteiger partial charge in [0.25, 0.3) is 0 Å². The lowest BCUT2D eigenvalue weighted by molar-refractivity contribution is 0.174. The Morgan fingerprint density at radius 3 is 2.78 bits per heavy atom. The molecule has 1 saturated heterocycles. The number of anilines is 2. The van der Waals surface area contributed by atoms with Gasteiger partial charge in [0, 0.05) is 32.4 Å². The maximum Gasteiger partial charge on any atom is 0.231 e. The number of aromatic nitrogens is 3. The Morgan fingerprint density at radius 1 is 1.11 bits per heavy atom. The number of nitrogens with one attached hydrogen (secondary N) is 1. The molecule has 0 aliphatic carbocycles. The summed E-state index contributed by atoms with van der Waals surface area (Å²) in [5, 5.41) is 1.05. The smallest absolute Gasteiger partial charge is 0.231 e. The lowest BCUT2D eigenvalue weighted by Crippen LogP contribution is -2.23. The van der Waals surface area contributed by atoms with Gasteiger partial charge in [-0.2, -0.15) is 9.97 Å². The van der Waals surface area contributed by atoms with Gasteiger partial charge in [0.1, 0.15) is 11.5 Å². The van der Waals surface area contributed by atoms with Crippen LogP contribution in [-0.4, -0.2) is 41.9 Å². The molecule has 0 saturated carbocycles. The van der Waals surface area contributed by atoms with Crippen LogP contribution in [0, 0.1) is 6.92 Å². The van der Waals surface area contributed by atoms with E-state index in [1.165, 1.54) is 12.8 Å². The highest BCUT2D eigenvalue weighted by molar-refractivity contribution is 5.89. The molecule has 140 valence electrons. The van der Waals surface area contributed by atoms with E-state index < -0.39 is 0 Å². The molecule has 5 rings (SSSR count). The highest BCUT2D eigenvalue weighted by atomic mass is 16.7. The first-order valence-electron chi connectivity index (χ1n) is 9.39. The molecule has 2 aliphatic rings. The Hall–Kier alpha value is -2.96. The number of benzene rings is 1. The van der Waals surface area contributed by atoms with Crippen molar-refractivity contribution in [2.45, 2.75) is 26.3 Å². The quantitative estimate of drug-likeness (QED) is 0.766. The molecule has 0 radical (unpaired) electrons. The van der Waals surface area contributed by atoms with Gasteiger partial charge in [-0.3, -0.25) is 0 Å². The van der Waals surface area contributed by atoms with E-state index >= 15 is 0 Å². The first-order chi connectivity index (χ1) is 13.2. The van der Waals surface area contributed by atoms with Gasteiger partial charge in [0.2, 0.25) is 12.7 Å². The van der Waals surface area contributed by atoms with Crippen molar-refractivity contribution < 1.29 is 9.47 Å². The summed E-state index contributed by atoms with van der Waals surface area (Å²) in [6, 6.07) is 8.21. The van der Waals surface area contributed by atoms with Crippen LogP contribution in [0.2, 0.25) is 0 Å². The van der Waals surface area contributed by atoms with Crippen molar-refractivity contribution in [1.82, 2.24) is 15.0 Å². The molecule has 4 heterocycles. The minimum absolute atomic E-state index is 0.295. The fourth-order valence-corrected chi connectivity index (χ4v) is 3.85. The summed E-state index contributed by atoms with van der Waals surface area (Å²) < 4.78 is 10.9. The van der Waals surface area contributed by atoms with Crippen molar-refractivity contribution in [2.24, 2.45) is 0 Å². The summed E-state index contributed by atoms with van der Waals surface area (Å²) in [6.45, 7) is 5.13. The second-order valence-corrected chi connectivity index (χ2v) is 7.30. The molecule has 27 heavy (non-hydrogen) atoms. The van der Waals surface area contributed by atoms with Crippen LogP contribution in [0.3, 0.4) is 0 Å². The van der Waals surface area contributed by atoms with E-state index in [0.29, 0.717) is 6.79 Å². The van der Waals surface area contributed by atoms with E-state index in [1.807, 2.05) is 12.1 Å². The summed E-state index contributed by atoms with van der Waals surface area (Å²) >= 11 is 0. The molecule has 0 unspecified atom stereocenters. The van der Waals surface area contributed by atoms with Crippen molar-refractivity contribution in [3.8, 4) is 11.5 Å². The Kier molecular flexibility index (Phi) is 3.81. The van der Waals surface area contributed by atoms with E-state index in [4.69, 9.17) is 19.4 Å². The maximum absolute atomic E-state index is 5.51. The van der Waals surface area contributed by atoms with E-state index in [-0.39, 0.29) is 0 Å². The van der Waals surface area contributed by atoms with Crippen LogP contribution in [0.5, 0.6) is 11.5 Å². The van der Waals surface area contributed by atoms with Crippen LogP contribution in [0.4, 0.5) is 11.8 Å². The number of aromatic amines is 1. The highest BCUT2D eigenvalue weighted by Gasteiger charge is 2.20. The van der Waals surface area contributed by atoms with Crippen molar-refractivity contribution in [2.75, 3.05) is 36.7 Å². The van der Waals surface area contributed by atoms with Crippen molar-refractivity contribution in [3.05, 3.63) is 35.5 Å². The van der Waals surface area contributed by atoms with Gasteiger partial charge in [0.05, 0.1) is 5.39 Å². The third-order valence-electron chi connectivity index (χ3n) is 5.20. The molecule has 2 aromatic heterocycles. The Labute approximate surface area is 157 Å². The number of nitrogens with zero attached hydrogens (tertiary/aromatic N) is 4. The Morgan fingerprint density at radius 2 is 1.93 bits per heavy atom. The second kappa shape index (κ2) is 6.33. The van der Waals surface area contributed by atoms with Crippen LogP contribution in [-0.2, 0) is 6.54 Å². The zero-order valence-electron chi connectivity index (χ0n) is 15.7. The number of aryl methyl sites for hydroxylation is 1. The predicted octanol–water partition coefficient (Wildman–Crippen LogP) is 3.23. The number of rotatable bonds is 4. The first-order valence-corrected chi connectivity index (χ1v) is 9.39. The largest absolute Gasteiger partial charge is 0.454 e. The number of ether oxygens (including phenoxy) is 2. The van der Waals surface area contributed by atoms with Gasteiger partial charge in [-0.25, -0.2) is 0 Å². The lowest BCUT2D eigenvalue weighted by atomic mass is 10.2. The zero-order valence-corrected chi connectivity index (χ0v) is 15.7. The van der Waals surface area contributed by atoms with Crippen LogP contribution >= 0.6 is 0 Å².